The molecule has 2 heterocycles. The van der Waals surface area contributed by atoms with E-state index in [1.54, 1.807) is 4.90 Å². The lowest BCUT2D eigenvalue weighted by Crippen LogP contribution is -2.46. The third-order valence-corrected chi connectivity index (χ3v) is 5.69. The van der Waals surface area contributed by atoms with Crippen LogP contribution in [0.4, 0.5) is 4.39 Å². The summed E-state index contributed by atoms with van der Waals surface area (Å²) >= 11 is 0. The number of hydrogen-bond acceptors (Lipinski definition) is 3. The van der Waals surface area contributed by atoms with Crippen molar-refractivity contribution < 1.29 is 18.7 Å². The van der Waals surface area contributed by atoms with Crippen molar-refractivity contribution in [2.45, 2.75) is 19.3 Å². The molecule has 1 N–H and O–H groups in total. The molecule has 29 heavy (non-hydrogen) atoms. The SMILES string of the molecule is O=C(NC[C@H]1COc2ccccc2C1)[C@H]1CCCN(C(=O)c2ccc(F)cc2)C1. The van der Waals surface area contributed by atoms with Gasteiger partial charge in [0.05, 0.1) is 12.5 Å². The van der Waals surface area contributed by atoms with Crippen LogP contribution in [-0.2, 0) is 11.2 Å². The fraction of sp³-hybridized carbons (Fsp3) is 0.391. The monoisotopic (exact) mass is 396 g/mol. The molecule has 152 valence electrons. The summed E-state index contributed by atoms with van der Waals surface area (Å²) in [4.78, 5) is 27.0. The van der Waals surface area contributed by atoms with Crippen molar-refractivity contribution in [3.63, 3.8) is 0 Å². The molecule has 0 radical (unpaired) electrons. The van der Waals surface area contributed by atoms with Gasteiger partial charge >= 0.3 is 0 Å². The number of para-hydroxylation sites is 1. The van der Waals surface area contributed by atoms with Crippen molar-refractivity contribution in [2.24, 2.45) is 11.8 Å². The fourth-order valence-electron chi connectivity index (χ4n) is 4.06. The number of hydrogen-bond donors (Lipinski definition) is 1. The highest BCUT2D eigenvalue weighted by atomic mass is 19.1. The van der Waals surface area contributed by atoms with Gasteiger partial charge in [-0.3, -0.25) is 9.59 Å². The number of nitrogens with zero attached hydrogens (tertiary/aromatic N) is 1. The predicted molar refractivity (Wildman–Crippen MR) is 107 cm³/mol. The Morgan fingerprint density at radius 2 is 1.93 bits per heavy atom. The minimum absolute atomic E-state index is 0.0135. The zero-order valence-corrected chi connectivity index (χ0v) is 16.3. The van der Waals surface area contributed by atoms with Crippen LogP contribution >= 0.6 is 0 Å². The molecule has 0 unspecified atom stereocenters. The van der Waals surface area contributed by atoms with Gasteiger partial charge in [-0.15, -0.1) is 0 Å². The molecule has 5 nitrogen and oxygen atoms in total. The molecule has 6 heteroatoms. The molecule has 1 fully saturated rings. The van der Waals surface area contributed by atoms with Gasteiger partial charge in [-0.25, -0.2) is 4.39 Å². The lowest BCUT2D eigenvalue weighted by Gasteiger charge is -2.32. The number of nitrogens with one attached hydrogen (secondary N) is 1. The second-order valence-electron chi connectivity index (χ2n) is 7.83. The van der Waals surface area contributed by atoms with Gasteiger partial charge in [0.15, 0.2) is 0 Å². The van der Waals surface area contributed by atoms with Gasteiger partial charge in [0, 0.05) is 31.1 Å². The van der Waals surface area contributed by atoms with Crippen LogP contribution in [0, 0.1) is 17.7 Å². The maximum atomic E-state index is 13.1. The van der Waals surface area contributed by atoms with Gasteiger partial charge < -0.3 is 15.0 Å². The van der Waals surface area contributed by atoms with E-state index in [0.717, 1.165) is 25.0 Å². The number of piperidine rings is 1. The molecular weight excluding hydrogens is 371 g/mol. The Morgan fingerprint density at radius 1 is 1.14 bits per heavy atom. The summed E-state index contributed by atoms with van der Waals surface area (Å²) in [6, 6.07) is 13.5. The third-order valence-electron chi connectivity index (χ3n) is 5.69. The molecule has 2 aromatic carbocycles. The summed E-state index contributed by atoms with van der Waals surface area (Å²) in [5.41, 5.74) is 1.62. The normalized spacial score (nSPS) is 21.1. The number of carbonyl (C=O) groups is 2. The summed E-state index contributed by atoms with van der Waals surface area (Å²) in [5.74, 6) is 0.420. The zero-order valence-electron chi connectivity index (χ0n) is 16.3. The summed E-state index contributed by atoms with van der Waals surface area (Å²) < 4.78 is 18.9. The van der Waals surface area contributed by atoms with E-state index in [9.17, 15) is 14.0 Å². The Labute approximate surface area is 169 Å². The van der Waals surface area contributed by atoms with Crippen molar-refractivity contribution >= 4 is 11.8 Å². The second-order valence-corrected chi connectivity index (χ2v) is 7.83. The van der Waals surface area contributed by atoms with Gasteiger partial charge in [-0.05, 0) is 55.2 Å². The van der Waals surface area contributed by atoms with Crippen LogP contribution in [0.2, 0.25) is 0 Å². The zero-order chi connectivity index (χ0) is 20.2. The summed E-state index contributed by atoms with van der Waals surface area (Å²) in [7, 11) is 0. The first-order chi connectivity index (χ1) is 14.1. The molecule has 0 saturated carbocycles. The maximum Gasteiger partial charge on any atom is 0.253 e. The standard InChI is InChI=1S/C23H25FN2O3/c24-20-9-7-17(8-10-20)23(28)26-11-3-5-19(14-26)22(27)25-13-16-12-18-4-1-2-6-21(18)29-15-16/h1-2,4,6-10,16,19H,3,5,11-15H2,(H,25,27)/t16-,19-/m0/s1. The number of likely N-dealkylation sites (tertiary alicyclic amines) is 1. The van der Waals surface area contributed by atoms with E-state index in [-0.39, 0.29) is 29.5 Å². The quantitative estimate of drug-likeness (QED) is 0.864. The van der Waals surface area contributed by atoms with E-state index < -0.39 is 0 Å². The first kappa shape index (κ1) is 19.4. The number of ether oxygens (including phenoxy) is 1. The van der Waals surface area contributed by atoms with Gasteiger partial charge in [0.25, 0.3) is 5.91 Å². The van der Waals surface area contributed by atoms with Crippen LogP contribution in [0.3, 0.4) is 0 Å². The average molecular weight is 396 g/mol. The smallest absolute Gasteiger partial charge is 0.253 e. The predicted octanol–water partition coefficient (Wildman–Crippen LogP) is 3.05. The molecular formula is C23H25FN2O3. The minimum Gasteiger partial charge on any atom is -0.493 e. The molecule has 0 spiro atoms. The number of carbonyl (C=O) groups excluding carboxylic acids is 2. The topological polar surface area (TPSA) is 58.6 Å². The molecule has 0 aromatic heterocycles. The number of benzene rings is 2. The largest absolute Gasteiger partial charge is 0.493 e. The highest BCUT2D eigenvalue weighted by Crippen LogP contribution is 2.26. The van der Waals surface area contributed by atoms with Gasteiger partial charge in [0.2, 0.25) is 5.91 Å². The van der Waals surface area contributed by atoms with Gasteiger partial charge in [-0.2, -0.15) is 0 Å². The maximum absolute atomic E-state index is 13.1. The van der Waals surface area contributed by atoms with Crippen molar-refractivity contribution in [3.05, 3.63) is 65.5 Å². The Hall–Kier alpha value is -2.89. The first-order valence-electron chi connectivity index (χ1n) is 10.1. The van der Waals surface area contributed by atoms with Crippen LogP contribution in [0.5, 0.6) is 5.75 Å². The highest BCUT2D eigenvalue weighted by molar-refractivity contribution is 5.94. The van der Waals surface area contributed by atoms with Crippen LogP contribution in [0.25, 0.3) is 0 Å². The molecule has 2 aliphatic heterocycles. The van der Waals surface area contributed by atoms with E-state index >= 15 is 0 Å². The lowest BCUT2D eigenvalue weighted by atomic mass is 9.94. The summed E-state index contributed by atoms with van der Waals surface area (Å²) in [6.07, 6.45) is 2.43. The molecule has 0 aliphatic carbocycles. The van der Waals surface area contributed by atoms with E-state index in [1.165, 1.54) is 29.8 Å². The Bertz CT molecular complexity index is 884. The van der Waals surface area contributed by atoms with E-state index in [1.807, 2.05) is 18.2 Å². The number of amides is 2. The summed E-state index contributed by atoms with van der Waals surface area (Å²) in [5, 5.41) is 3.05. The average Bonchev–Trinajstić information content (AvgIpc) is 2.77. The number of halogens is 1. The molecule has 2 aliphatic rings. The van der Waals surface area contributed by atoms with E-state index in [2.05, 4.69) is 11.4 Å². The molecule has 2 amide bonds. The van der Waals surface area contributed by atoms with Crippen molar-refractivity contribution in [1.29, 1.82) is 0 Å². The lowest BCUT2D eigenvalue weighted by molar-refractivity contribution is -0.126. The van der Waals surface area contributed by atoms with E-state index in [0.29, 0.717) is 31.8 Å². The van der Waals surface area contributed by atoms with Crippen molar-refractivity contribution in [2.75, 3.05) is 26.2 Å². The van der Waals surface area contributed by atoms with Crippen LogP contribution in [0.15, 0.2) is 48.5 Å². The van der Waals surface area contributed by atoms with Crippen molar-refractivity contribution in [1.82, 2.24) is 10.2 Å². The Balaban J connectivity index is 1.30. The molecule has 0 bridgehead atoms. The number of rotatable bonds is 4. The molecule has 2 aromatic rings. The molecule has 2 atom stereocenters. The van der Waals surface area contributed by atoms with Gasteiger partial charge in [-0.1, -0.05) is 18.2 Å². The fourth-order valence-corrected chi connectivity index (χ4v) is 4.06. The third kappa shape index (κ3) is 4.58. The number of fused-ring (bicyclic) bond motifs is 1. The van der Waals surface area contributed by atoms with Gasteiger partial charge in [0.1, 0.15) is 11.6 Å². The first-order valence-corrected chi connectivity index (χ1v) is 10.1. The Morgan fingerprint density at radius 3 is 2.76 bits per heavy atom. The van der Waals surface area contributed by atoms with Crippen LogP contribution in [-0.4, -0.2) is 43.0 Å². The minimum atomic E-state index is -0.369. The highest BCUT2D eigenvalue weighted by Gasteiger charge is 2.29. The van der Waals surface area contributed by atoms with E-state index in [4.69, 9.17) is 4.74 Å². The summed E-state index contributed by atoms with van der Waals surface area (Å²) in [6.45, 7) is 2.17. The second kappa shape index (κ2) is 8.64. The van der Waals surface area contributed by atoms with Crippen LogP contribution in [0.1, 0.15) is 28.8 Å². The molecule has 1 saturated heterocycles. The Kier molecular flexibility index (Phi) is 5.79. The molecule has 4 rings (SSSR count). The van der Waals surface area contributed by atoms with Crippen LogP contribution < -0.4 is 10.1 Å². The van der Waals surface area contributed by atoms with Crippen molar-refractivity contribution in [3.8, 4) is 5.75 Å².